The number of hydrogen-bond acceptors (Lipinski definition) is 5. The quantitative estimate of drug-likeness (QED) is 0.441. The van der Waals surface area contributed by atoms with Crippen molar-refractivity contribution in [3.63, 3.8) is 0 Å². The summed E-state index contributed by atoms with van der Waals surface area (Å²) in [7, 11) is 1.28. The molecule has 0 aliphatic rings. The van der Waals surface area contributed by atoms with Crippen LogP contribution >= 0.6 is 0 Å². The third kappa shape index (κ3) is 5.11. The van der Waals surface area contributed by atoms with Crippen LogP contribution in [0.5, 0.6) is 5.75 Å². The molecule has 0 radical (unpaired) electrons. The van der Waals surface area contributed by atoms with Crippen LogP contribution in [0.2, 0.25) is 0 Å². The van der Waals surface area contributed by atoms with E-state index < -0.39 is 23.5 Å². The summed E-state index contributed by atoms with van der Waals surface area (Å²) in [4.78, 5) is 15.6. The Bertz CT molecular complexity index is 1080. The number of halogens is 4. The molecule has 0 spiro atoms. The molecule has 0 saturated heterocycles. The van der Waals surface area contributed by atoms with Gasteiger partial charge in [0.05, 0.1) is 24.8 Å². The van der Waals surface area contributed by atoms with Crippen LogP contribution in [-0.4, -0.2) is 24.7 Å². The van der Waals surface area contributed by atoms with Crippen molar-refractivity contribution in [2.75, 3.05) is 19.5 Å². The second-order valence-electron chi connectivity index (χ2n) is 6.55. The Kier molecular flexibility index (Phi) is 6.43. The highest BCUT2D eigenvalue weighted by Gasteiger charge is 2.36. The van der Waals surface area contributed by atoms with E-state index in [4.69, 9.17) is 10.5 Å². The van der Waals surface area contributed by atoms with Crippen molar-refractivity contribution in [2.45, 2.75) is 12.6 Å². The molecule has 0 saturated carbocycles. The first-order valence-corrected chi connectivity index (χ1v) is 9.12. The molecule has 0 fully saturated rings. The van der Waals surface area contributed by atoms with Gasteiger partial charge in [0.1, 0.15) is 5.82 Å². The highest BCUT2D eigenvalue weighted by atomic mass is 19.4. The fraction of sp³-hybridized carbons (Fsp3) is 0.182. The number of ether oxygens (including phenoxy) is 2. The van der Waals surface area contributed by atoms with E-state index >= 15 is 0 Å². The second kappa shape index (κ2) is 9.03. The van der Waals surface area contributed by atoms with E-state index in [0.29, 0.717) is 11.1 Å². The minimum absolute atomic E-state index is 0.0604. The van der Waals surface area contributed by atoms with Gasteiger partial charge in [-0.15, -0.1) is 0 Å². The van der Waals surface area contributed by atoms with Crippen molar-refractivity contribution in [3.8, 4) is 16.9 Å². The number of benzene rings is 2. The maximum absolute atomic E-state index is 13.7. The number of pyridine rings is 1. The van der Waals surface area contributed by atoms with Gasteiger partial charge in [0.25, 0.3) is 0 Å². The molecule has 162 valence electrons. The van der Waals surface area contributed by atoms with Gasteiger partial charge in [-0.05, 0) is 35.4 Å². The van der Waals surface area contributed by atoms with Crippen LogP contribution in [0.25, 0.3) is 11.1 Å². The number of carbonyl (C=O) groups is 1. The molecular formula is C22H18F4N2O3. The summed E-state index contributed by atoms with van der Waals surface area (Å²) in [6.07, 6.45) is -3.48. The molecule has 3 aromatic rings. The first kappa shape index (κ1) is 22.1. The number of alkyl halides is 3. The topological polar surface area (TPSA) is 74.4 Å². The van der Waals surface area contributed by atoms with Gasteiger partial charge in [-0.25, -0.2) is 14.2 Å². The molecule has 31 heavy (non-hydrogen) atoms. The van der Waals surface area contributed by atoms with Gasteiger partial charge in [0.2, 0.25) is 0 Å². The van der Waals surface area contributed by atoms with E-state index in [0.717, 1.165) is 11.6 Å². The maximum atomic E-state index is 13.7. The van der Waals surface area contributed by atoms with Gasteiger partial charge in [-0.1, -0.05) is 24.3 Å². The predicted octanol–water partition coefficient (Wildman–Crippen LogP) is 4.90. The molecule has 9 heteroatoms. The fourth-order valence-electron chi connectivity index (χ4n) is 3.01. The zero-order valence-electron chi connectivity index (χ0n) is 16.4. The fourth-order valence-corrected chi connectivity index (χ4v) is 3.01. The number of rotatable bonds is 6. The molecule has 3 rings (SSSR count). The molecule has 0 unspecified atom stereocenters. The van der Waals surface area contributed by atoms with E-state index in [1.165, 1.54) is 25.4 Å². The number of carbonyl (C=O) groups excluding carboxylic acids is 1. The van der Waals surface area contributed by atoms with Crippen molar-refractivity contribution < 1.29 is 31.8 Å². The summed E-state index contributed by atoms with van der Waals surface area (Å²) in [6, 6.07) is 11.3. The summed E-state index contributed by atoms with van der Waals surface area (Å²) in [5.74, 6) is -1.56. The zero-order chi connectivity index (χ0) is 22.6. The summed E-state index contributed by atoms with van der Waals surface area (Å²) >= 11 is 0. The van der Waals surface area contributed by atoms with Crippen LogP contribution in [0.3, 0.4) is 0 Å². The van der Waals surface area contributed by atoms with Gasteiger partial charge in [0, 0.05) is 18.2 Å². The molecule has 0 bridgehead atoms. The largest absolute Gasteiger partial charge is 0.489 e. The van der Waals surface area contributed by atoms with Gasteiger partial charge in [0.15, 0.2) is 11.6 Å². The van der Waals surface area contributed by atoms with Crippen LogP contribution in [0, 0.1) is 5.82 Å². The lowest BCUT2D eigenvalue weighted by Crippen LogP contribution is -2.14. The number of anilines is 1. The number of methoxy groups -OCH3 is 1. The van der Waals surface area contributed by atoms with E-state index in [1.54, 1.807) is 30.3 Å². The SMILES string of the molecule is COC(=O)c1ccc(-c2cnc(N)c(OCCc3cccc(F)c3C(F)(F)F)c2)cc1. The number of esters is 1. The highest BCUT2D eigenvalue weighted by molar-refractivity contribution is 5.90. The Hall–Kier alpha value is -3.62. The molecule has 2 aromatic carbocycles. The summed E-state index contributed by atoms with van der Waals surface area (Å²) in [5, 5.41) is 0. The Morgan fingerprint density at radius 3 is 2.45 bits per heavy atom. The van der Waals surface area contributed by atoms with Gasteiger partial charge >= 0.3 is 12.1 Å². The van der Waals surface area contributed by atoms with Crippen molar-refractivity contribution in [2.24, 2.45) is 0 Å². The minimum atomic E-state index is -4.81. The average molecular weight is 434 g/mol. The van der Waals surface area contributed by atoms with Crippen molar-refractivity contribution in [1.82, 2.24) is 4.98 Å². The molecule has 0 aliphatic carbocycles. The Labute approximate surface area is 175 Å². The van der Waals surface area contributed by atoms with Crippen LogP contribution in [0.4, 0.5) is 23.4 Å². The van der Waals surface area contributed by atoms with Gasteiger partial charge in [-0.3, -0.25) is 0 Å². The normalized spacial score (nSPS) is 11.3. The molecule has 1 aromatic heterocycles. The van der Waals surface area contributed by atoms with Gasteiger partial charge in [-0.2, -0.15) is 13.2 Å². The third-order valence-corrected chi connectivity index (χ3v) is 4.53. The van der Waals surface area contributed by atoms with Crippen molar-refractivity contribution in [3.05, 3.63) is 77.2 Å². The Morgan fingerprint density at radius 1 is 1.10 bits per heavy atom. The summed E-state index contributed by atoms with van der Waals surface area (Å²) < 4.78 is 63.2. The second-order valence-corrected chi connectivity index (χ2v) is 6.55. The first-order chi connectivity index (χ1) is 14.7. The van der Waals surface area contributed by atoms with Crippen molar-refractivity contribution >= 4 is 11.8 Å². The molecule has 0 atom stereocenters. The smallest absolute Gasteiger partial charge is 0.419 e. The standard InChI is InChI=1S/C22H18F4N2O3/c1-30-21(29)15-7-5-13(6-8-15)16-11-18(20(27)28-12-16)31-10-9-14-3-2-4-17(23)19(14)22(24,25)26/h2-8,11-12H,9-10H2,1H3,(H2,27,28). The lowest BCUT2D eigenvalue weighted by Gasteiger charge is -2.15. The van der Waals surface area contributed by atoms with Gasteiger partial charge < -0.3 is 15.2 Å². The number of nitrogen functional groups attached to an aromatic ring is 1. The van der Waals surface area contributed by atoms with E-state index in [1.807, 2.05) is 0 Å². The van der Waals surface area contributed by atoms with Crippen LogP contribution in [0.15, 0.2) is 54.7 Å². The number of hydrogen-bond donors (Lipinski definition) is 1. The molecule has 2 N–H and O–H groups in total. The lowest BCUT2D eigenvalue weighted by molar-refractivity contribution is -0.140. The van der Waals surface area contributed by atoms with E-state index in [2.05, 4.69) is 9.72 Å². The predicted molar refractivity (Wildman–Crippen MR) is 106 cm³/mol. The molecular weight excluding hydrogens is 416 g/mol. The monoisotopic (exact) mass is 434 g/mol. The Morgan fingerprint density at radius 2 is 1.81 bits per heavy atom. The average Bonchev–Trinajstić information content (AvgIpc) is 2.73. The molecule has 0 amide bonds. The van der Waals surface area contributed by atoms with E-state index in [-0.39, 0.29) is 30.2 Å². The summed E-state index contributed by atoms with van der Waals surface area (Å²) in [5.41, 5.74) is 6.02. The van der Waals surface area contributed by atoms with E-state index in [9.17, 15) is 22.4 Å². The highest BCUT2D eigenvalue weighted by Crippen LogP contribution is 2.34. The third-order valence-electron chi connectivity index (χ3n) is 4.53. The Balaban J connectivity index is 1.76. The molecule has 0 aliphatic heterocycles. The lowest BCUT2D eigenvalue weighted by atomic mass is 10.0. The number of aromatic nitrogens is 1. The van der Waals surface area contributed by atoms with Crippen LogP contribution in [-0.2, 0) is 17.3 Å². The molecule has 1 heterocycles. The number of nitrogens with two attached hydrogens (primary N) is 1. The maximum Gasteiger partial charge on any atom is 0.419 e. The summed E-state index contributed by atoms with van der Waals surface area (Å²) in [6.45, 7) is -0.164. The van der Waals surface area contributed by atoms with Crippen LogP contribution in [0.1, 0.15) is 21.5 Å². The first-order valence-electron chi connectivity index (χ1n) is 9.12. The zero-order valence-corrected chi connectivity index (χ0v) is 16.4. The van der Waals surface area contributed by atoms with Crippen molar-refractivity contribution in [1.29, 1.82) is 0 Å². The number of nitrogens with zero attached hydrogens (tertiary/aromatic N) is 1. The minimum Gasteiger partial charge on any atom is -0.489 e. The van der Waals surface area contributed by atoms with Crippen LogP contribution < -0.4 is 10.5 Å². The molecule has 5 nitrogen and oxygen atoms in total.